The van der Waals surface area contributed by atoms with Crippen LogP contribution in [-0.4, -0.2) is 22.1 Å². The molecule has 0 saturated heterocycles. The maximum absolute atomic E-state index is 13.0. The molecule has 0 spiro atoms. The van der Waals surface area contributed by atoms with Gasteiger partial charge in [-0.25, -0.2) is 8.42 Å². The molecule has 0 amide bonds. The van der Waals surface area contributed by atoms with Crippen LogP contribution < -0.4 is 4.31 Å². The number of hydrogen-bond donors (Lipinski definition) is 0. The molecule has 1 unspecified atom stereocenters. The van der Waals surface area contributed by atoms with E-state index in [4.69, 9.17) is 4.74 Å². The third kappa shape index (κ3) is 2.79. The fourth-order valence-electron chi connectivity index (χ4n) is 2.90. The van der Waals surface area contributed by atoms with Crippen molar-refractivity contribution in [2.45, 2.75) is 23.8 Å². The Morgan fingerprint density at radius 2 is 1.87 bits per heavy atom. The summed E-state index contributed by atoms with van der Waals surface area (Å²) in [5, 5.41) is 0. The standard InChI is InChI=1S/C17H18BrNO3S/c1-17(22-2)10-11-19(16-9-8-13(18)12-15(16)17)23(20,21)14-6-4-3-5-7-14/h3-9,12H,10-11H2,1-2H3. The van der Waals surface area contributed by atoms with Crippen LogP contribution in [0.15, 0.2) is 57.9 Å². The highest BCUT2D eigenvalue weighted by atomic mass is 79.9. The third-order valence-electron chi connectivity index (χ3n) is 4.37. The molecule has 1 atom stereocenters. The van der Waals surface area contributed by atoms with Gasteiger partial charge in [0.05, 0.1) is 16.2 Å². The molecular weight excluding hydrogens is 378 g/mol. The second-order valence-corrected chi connectivity index (χ2v) is 8.51. The number of fused-ring (bicyclic) bond motifs is 1. The van der Waals surface area contributed by atoms with Crippen LogP contribution >= 0.6 is 15.9 Å². The van der Waals surface area contributed by atoms with Gasteiger partial charge < -0.3 is 4.74 Å². The molecule has 4 nitrogen and oxygen atoms in total. The maximum Gasteiger partial charge on any atom is 0.264 e. The summed E-state index contributed by atoms with van der Waals surface area (Å²) in [5.74, 6) is 0. The first-order valence-electron chi connectivity index (χ1n) is 7.31. The van der Waals surface area contributed by atoms with Crippen LogP contribution in [0, 0.1) is 0 Å². The second-order valence-electron chi connectivity index (χ2n) is 5.74. The molecule has 0 bridgehead atoms. The van der Waals surface area contributed by atoms with E-state index in [1.807, 2.05) is 31.2 Å². The molecule has 1 aliphatic heterocycles. The fraction of sp³-hybridized carbons (Fsp3) is 0.294. The molecule has 0 aromatic heterocycles. The van der Waals surface area contributed by atoms with Crippen molar-refractivity contribution in [2.75, 3.05) is 18.0 Å². The van der Waals surface area contributed by atoms with Crippen LogP contribution in [0.3, 0.4) is 0 Å². The lowest BCUT2D eigenvalue weighted by molar-refractivity contribution is -0.00588. The van der Waals surface area contributed by atoms with Gasteiger partial charge in [-0.3, -0.25) is 4.31 Å². The molecule has 0 aliphatic carbocycles. The number of ether oxygens (including phenoxy) is 1. The van der Waals surface area contributed by atoms with Crippen molar-refractivity contribution in [1.82, 2.24) is 0 Å². The molecule has 3 rings (SSSR count). The molecule has 0 fully saturated rings. The van der Waals surface area contributed by atoms with E-state index in [0.717, 1.165) is 10.0 Å². The minimum atomic E-state index is -3.58. The van der Waals surface area contributed by atoms with Crippen molar-refractivity contribution >= 4 is 31.6 Å². The molecule has 0 radical (unpaired) electrons. The van der Waals surface area contributed by atoms with Crippen LogP contribution in [0.5, 0.6) is 0 Å². The van der Waals surface area contributed by atoms with Crippen LogP contribution in [0.1, 0.15) is 18.9 Å². The largest absolute Gasteiger partial charge is 0.374 e. The Labute approximate surface area is 145 Å². The Hall–Kier alpha value is -1.37. The smallest absolute Gasteiger partial charge is 0.264 e. The van der Waals surface area contributed by atoms with Crippen molar-refractivity contribution in [3.63, 3.8) is 0 Å². The monoisotopic (exact) mass is 395 g/mol. The maximum atomic E-state index is 13.0. The summed E-state index contributed by atoms with van der Waals surface area (Å²) in [7, 11) is -1.93. The van der Waals surface area contributed by atoms with E-state index >= 15 is 0 Å². The zero-order chi connectivity index (χ0) is 16.7. The Kier molecular flexibility index (Phi) is 4.25. The summed E-state index contributed by atoms with van der Waals surface area (Å²) in [6, 6.07) is 14.1. The minimum absolute atomic E-state index is 0.301. The number of nitrogens with zero attached hydrogens (tertiary/aromatic N) is 1. The molecule has 0 saturated carbocycles. The summed E-state index contributed by atoms with van der Waals surface area (Å²) in [4.78, 5) is 0.301. The van der Waals surface area contributed by atoms with Crippen molar-refractivity contribution in [1.29, 1.82) is 0 Å². The zero-order valence-corrected chi connectivity index (χ0v) is 15.4. The Balaban J connectivity index is 2.15. The van der Waals surface area contributed by atoms with Gasteiger partial charge in [-0.15, -0.1) is 0 Å². The summed E-state index contributed by atoms with van der Waals surface area (Å²) in [6.07, 6.45) is 0.596. The SMILES string of the molecule is COC1(C)CCN(S(=O)(=O)c2ccccc2)c2ccc(Br)cc21. The highest BCUT2D eigenvalue weighted by molar-refractivity contribution is 9.10. The van der Waals surface area contributed by atoms with E-state index in [1.54, 1.807) is 31.4 Å². The number of anilines is 1. The van der Waals surface area contributed by atoms with Gasteiger partial charge in [0.25, 0.3) is 10.0 Å². The second kappa shape index (κ2) is 5.92. The van der Waals surface area contributed by atoms with E-state index in [2.05, 4.69) is 15.9 Å². The van der Waals surface area contributed by atoms with Crippen LogP contribution in [0.25, 0.3) is 0 Å². The fourth-order valence-corrected chi connectivity index (χ4v) is 4.77. The van der Waals surface area contributed by atoms with Crippen LogP contribution in [0.4, 0.5) is 5.69 Å². The normalized spacial score (nSPS) is 21.1. The topological polar surface area (TPSA) is 46.6 Å². The molecule has 0 N–H and O–H groups in total. The number of rotatable bonds is 3. The quantitative estimate of drug-likeness (QED) is 0.791. The number of hydrogen-bond acceptors (Lipinski definition) is 3. The zero-order valence-electron chi connectivity index (χ0n) is 13.0. The Morgan fingerprint density at radius 1 is 1.17 bits per heavy atom. The average molecular weight is 396 g/mol. The lowest BCUT2D eigenvalue weighted by atomic mass is 9.88. The van der Waals surface area contributed by atoms with Crippen molar-refractivity contribution in [2.24, 2.45) is 0 Å². The van der Waals surface area contributed by atoms with Crippen molar-refractivity contribution in [3.05, 3.63) is 58.6 Å². The Bertz CT molecular complexity index is 823. The average Bonchev–Trinajstić information content (AvgIpc) is 2.56. The van der Waals surface area contributed by atoms with Gasteiger partial charge in [0.1, 0.15) is 0 Å². The lowest BCUT2D eigenvalue weighted by Crippen LogP contribution is -2.42. The van der Waals surface area contributed by atoms with Crippen LogP contribution in [0.2, 0.25) is 0 Å². The number of methoxy groups -OCH3 is 1. The number of benzene rings is 2. The van der Waals surface area contributed by atoms with E-state index in [1.165, 1.54) is 4.31 Å². The van der Waals surface area contributed by atoms with Gasteiger partial charge in [-0.05, 0) is 43.7 Å². The predicted molar refractivity (Wildman–Crippen MR) is 94.1 cm³/mol. The molecular formula is C17H18BrNO3S. The first-order valence-corrected chi connectivity index (χ1v) is 9.55. The summed E-state index contributed by atoms with van der Waals surface area (Å²) in [6.45, 7) is 2.38. The first kappa shape index (κ1) is 16.5. The van der Waals surface area contributed by atoms with Crippen LogP contribution in [-0.2, 0) is 20.4 Å². The highest BCUT2D eigenvalue weighted by Crippen LogP contribution is 2.43. The molecule has 1 aliphatic rings. The number of sulfonamides is 1. The van der Waals surface area contributed by atoms with E-state index in [0.29, 0.717) is 23.5 Å². The lowest BCUT2D eigenvalue weighted by Gasteiger charge is -2.40. The van der Waals surface area contributed by atoms with Gasteiger partial charge in [0, 0.05) is 23.7 Å². The van der Waals surface area contributed by atoms with Gasteiger partial charge in [0.15, 0.2) is 0 Å². The summed E-state index contributed by atoms with van der Waals surface area (Å²) < 4.78 is 34.1. The molecule has 6 heteroatoms. The van der Waals surface area contributed by atoms with Crippen molar-refractivity contribution < 1.29 is 13.2 Å². The molecule has 2 aromatic rings. The summed E-state index contributed by atoms with van der Waals surface area (Å²) >= 11 is 3.46. The third-order valence-corrected chi connectivity index (χ3v) is 6.69. The van der Waals surface area contributed by atoms with Gasteiger partial charge in [0.2, 0.25) is 0 Å². The first-order chi connectivity index (χ1) is 10.9. The molecule has 23 heavy (non-hydrogen) atoms. The molecule has 2 aromatic carbocycles. The Morgan fingerprint density at radius 3 is 2.52 bits per heavy atom. The minimum Gasteiger partial charge on any atom is -0.374 e. The summed E-state index contributed by atoms with van der Waals surface area (Å²) in [5.41, 5.74) is 1.05. The predicted octanol–water partition coefficient (Wildman–Crippen LogP) is 3.91. The van der Waals surface area contributed by atoms with E-state index in [9.17, 15) is 8.42 Å². The molecule has 1 heterocycles. The van der Waals surface area contributed by atoms with Gasteiger partial charge in [-0.2, -0.15) is 0 Å². The van der Waals surface area contributed by atoms with Crippen molar-refractivity contribution in [3.8, 4) is 0 Å². The highest BCUT2D eigenvalue weighted by Gasteiger charge is 2.39. The van der Waals surface area contributed by atoms with Gasteiger partial charge >= 0.3 is 0 Å². The van der Waals surface area contributed by atoms with E-state index < -0.39 is 15.6 Å². The van der Waals surface area contributed by atoms with Gasteiger partial charge in [-0.1, -0.05) is 34.1 Å². The number of halogens is 1. The molecule has 122 valence electrons. The van der Waals surface area contributed by atoms with E-state index in [-0.39, 0.29) is 0 Å².